The number of rotatable bonds is 6. The van der Waals surface area contributed by atoms with E-state index in [4.69, 9.17) is 10.00 Å². The van der Waals surface area contributed by atoms with E-state index in [1.165, 1.54) is 36.3 Å². The fourth-order valence-electron chi connectivity index (χ4n) is 4.42. The van der Waals surface area contributed by atoms with E-state index in [1.807, 2.05) is 10.3 Å². The summed E-state index contributed by atoms with van der Waals surface area (Å²) in [6, 6.07) is 9.00. The molecule has 1 amide bonds. The van der Waals surface area contributed by atoms with Crippen molar-refractivity contribution in [1.29, 1.82) is 5.26 Å². The lowest BCUT2D eigenvalue weighted by Crippen LogP contribution is -2.44. The van der Waals surface area contributed by atoms with Gasteiger partial charge in [0.1, 0.15) is 29.1 Å². The smallest absolute Gasteiger partial charge is 0.257 e. The number of thiophene rings is 1. The molecule has 2 fully saturated rings. The standard InChI is InChI=1S/C23H26FN3O2S/c1-16-4-2-8-26(16)13-18-5-3-9-27(18)23(28)21-7-6-19(11-22(21)24)29-14-17-10-20(12-25)30-15-17/h6-7,10-11,15-16,18H,2-5,8-9,13-14H2,1H3/t16-,18+/m1/s1. The van der Waals surface area contributed by atoms with Crippen molar-refractivity contribution in [3.63, 3.8) is 0 Å². The van der Waals surface area contributed by atoms with Crippen LogP contribution in [-0.2, 0) is 6.61 Å². The average Bonchev–Trinajstić information content (AvgIpc) is 3.48. The molecule has 4 rings (SSSR count). The molecule has 1 aromatic heterocycles. The summed E-state index contributed by atoms with van der Waals surface area (Å²) < 4.78 is 20.4. The molecule has 0 aliphatic carbocycles. The third kappa shape index (κ3) is 4.50. The maximum atomic E-state index is 14.8. The zero-order chi connectivity index (χ0) is 21.1. The van der Waals surface area contributed by atoms with Crippen molar-refractivity contribution in [1.82, 2.24) is 9.80 Å². The quantitative estimate of drug-likeness (QED) is 0.685. The number of carbonyl (C=O) groups excluding carboxylic acids is 1. The largest absolute Gasteiger partial charge is 0.489 e. The third-order valence-corrected chi connectivity index (χ3v) is 7.00. The number of hydrogen-bond acceptors (Lipinski definition) is 5. The third-order valence-electron chi connectivity index (χ3n) is 6.11. The van der Waals surface area contributed by atoms with Crippen molar-refractivity contribution in [2.75, 3.05) is 19.6 Å². The van der Waals surface area contributed by atoms with Gasteiger partial charge < -0.3 is 9.64 Å². The second-order valence-electron chi connectivity index (χ2n) is 8.14. The molecule has 0 unspecified atom stereocenters. The first-order valence-corrected chi connectivity index (χ1v) is 11.4. The molecular weight excluding hydrogens is 401 g/mol. The summed E-state index contributed by atoms with van der Waals surface area (Å²) >= 11 is 1.35. The molecule has 2 aliphatic rings. The highest BCUT2D eigenvalue weighted by atomic mass is 32.1. The summed E-state index contributed by atoms with van der Waals surface area (Å²) in [7, 11) is 0. The molecule has 0 spiro atoms. The second-order valence-corrected chi connectivity index (χ2v) is 9.05. The molecule has 5 nitrogen and oxygen atoms in total. The highest BCUT2D eigenvalue weighted by molar-refractivity contribution is 7.10. The molecule has 1 aromatic carbocycles. The topological polar surface area (TPSA) is 56.6 Å². The van der Waals surface area contributed by atoms with E-state index in [0.29, 0.717) is 23.2 Å². The van der Waals surface area contributed by atoms with Crippen molar-refractivity contribution in [3.8, 4) is 11.8 Å². The molecule has 30 heavy (non-hydrogen) atoms. The molecular formula is C23H26FN3O2S. The minimum absolute atomic E-state index is 0.103. The minimum atomic E-state index is -0.555. The van der Waals surface area contributed by atoms with Crippen LogP contribution in [0, 0.1) is 17.1 Å². The number of nitriles is 1. The number of carbonyl (C=O) groups is 1. The summed E-state index contributed by atoms with van der Waals surface area (Å²) in [5.41, 5.74) is 0.971. The Hall–Kier alpha value is -2.43. The Morgan fingerprint density at radius 1 is 1.30 bits per heavy atom. The molecule has 3 heterocycles. The van der Waals surface area contributed by atoms with E-state index in [2.05, 4.69) is 17.9 Å². The van der Waals surface area contributed by atoms with Crippen LogP contribution in [0.25, 0.3) is 0 Å². The molecule has 158 valence electrons. The van der Waals surface area contributed by atoms with Gasteiger partial charge in [-0.15, -0.1) is 11.3 Å². The van der Waals surface area contributed by atoms with Gasteiger partial charge in [-0.25, -0.2) is 4.39 Å². The normalized spacial score (nSPS) is 21.7. The fourth-order valence-corrected chi connectivity index (χ4v) is 5.10. The van der Waals surface area contributed by atoms with Gasteiger partial charge in [-0.1, -0.05) is 0 Å². The van der Waals surface area contributed by atoms with Crippen LogP contribution in [0.15, 0.2) is 29.6 Å². The predicted molar refractivity (Wildman–Crippen MR) is 114 cm³/mol. The van der Waals surface area contributed by atoms with Gasteiger partial charge in [0.25, 0.3) is 5.91 Å². The van der Waals surface area contributed by atoms with Crippen LogP contribution in [0.3, 0.4) is 0 Å². The van der Waals surface area contributed by atoms with Crippen LogP contribution in [0.5, 0.6) is 5.75 Å². The van der Waals surface area contributed by atoms with E-state index in [0.717, 1.165) is 31.5 Å². The molecule has 2 aromatic rings. The molecule has 2 saturated heterocycles. The molecule has 7 heteroatoms. The van der Waals surface area contributed by atoms with E-state index in [9.17, 15) is 9.18 Å². The number of amides is 1. The molecule has 2 aliphatic heterocycles. The highest BCUT2D eigenvalue weighted by Gasteiger charge is 2.33. The van der Waals surface area contributed by atoms with Crippen molar-refractivity contribution in [2.45, 2.75) is 51.3 Å². The molecule has 0 N–H and O–H groups in total. The zero-order valence-electron chi connectivity index (χ0n) is 17.1. The van der Waals surface area contributed by atoms with Crippen LogP contribution < -0.4 is 4.74 Å². The number of halogens is 1. The highest BCUT2D eigenvalue weighted by Crippen LogP contribution is 2.27. The Morgan fingerprint density at radius 2 is 2.13 bits per heavy atom. The van der Waals surface area contributed by atoms with Gasteiger partial charge in [-0.05, 0) is 62.7 Å². The van der Waals surface area contributed by atoms with Crippen LogP contribution in [-0.4, -0.2) is 47.4 Å². The van der Waals surface area contributed by atoms with Crippen molar-refractivity contribution in [3.05, 3.63) is 51.5 Å². The first-order valence-electron chi connectivity index (χ1n) is 10.5. The van der Waals surface area contributed by atoms with Crippen LogP contribution in [0.2, 0.25) is 0 Å². The first-order chi connectivity index (χ1) is 14.5. The molecule has 2 atom stereocenters. The molecule has 0 radical (unpaired) electrons. The van der Waals surface area contributed by atoms with Crippen molar-refractivity contribution >= 4 is 17.2 Å². The lowest BCUT2D eigenvalue weighted by molar-refractivity contribution is 0.0692. The van der Waals surface area contributed by atoms with E-state index in [-0.39, 0.29) is 24.1 Å². The molecule has 0 bridgehead atoms. The van der Waals surface area contributed by atoms with Crippen molar-refractivity contribution < 1.29 is 13.9 Å². The summed E-state index contributed by atoms with van der Waals surface area (Å²) in [5, 5.41) is 10.7. The van der Waals surface area contributed by atoms with E-state index < -0.39 is 5.82 Å². The minimum Gasteiger partial charge on any atom is -0.489 e. The van der Waals surface area contributed by atoms with E-state index in [1.54, 1.807) is 12.1 Å². The SMILES string of the molecule is C[C@@H]1CCCN1C[C@@H]1CCCN1C(=O)c1ccc(OCc2csc(C#N)c2)cc1F. The number of hydrogen-bond donors (Lipinski definition) is 0. The van der Waals surface area contributed by atoms with Gasteiger partial charge in [0.2, 0.25) is 0 Å². The Morgan fingerprint density at radius 3 is 2.83 bits per heavy atom. The Balaban J connectivity index is 1.40. The van der Waals surface area contributed by atoms with Crippen LogP contribution in [0.1, 0.15) is 53.4 Å². The Bertz CT molecular complexity index is 954. The van der Waals surface area contributed by atoms with Crippen LogP contribution in [0.4, 0.5) is 4.39 Å². The monoisotopic (exact) mass is 427 g/mol. The summed E-state index contributed by atoms with van der Waals surface area (Å²) in [5.74, 6) is -0.414. The van der Waals surface area contributed by atoms with Crippen LogP contribution >= 0.6 is 11.3 Å². The van der Waals surface area contributed by atoms with E-state index >= 15 is 0 Å². The average molecular weight is 428 g/mol. The molecule has 0 saturated carbocycles. The van der Waals surface area contributed by atoms with Gasteiger partial charge in [-0.3, -0.25) is 9.69 Å². The fraction of sp³-hybridized carbons (Fsp3) is 0.478. The number of nitrogens with zero attached hydrogens (tertiary/aromatic N) is 3. The van der Waals surface area contributed by atoms with Gasteiger partial charge in [0, 0.05) is 36.8 Å². The number of likely N-dealkylation sites (tertiary alicyclic amines) is 2. The lowest BCUT2D eigenvalue weighted by atomic mass is 10.1. The number of ether oxygens (including phenoxy) is 1. The summed E-state index contributed by atoms with van der Waals surface area (Å²) in [6.07, 6.45) is 4.36. The van der Waals surface area contributed by atoms with Gasteiger partial charge in [-0.2, -0.15) is 5.26 Å². The zero-order valence-corrected chi connectivity index (χ0v) is 18.0. The van der Waals surface area contributed by atoms with Gasteiger partial charge in [0.05, 0.1) is 5.56 Å². The van der Waals surface area contributed by atoms with Crippen molar-refractivity contribution in [2.24, 2.45) is 0 Å². The van der Waals surface area contributed by atoms with Gasteiger partial charge >= 0.3 is 0 Å². The summed E-state index contributed by atoms with van der Waals surface area (Å²) in [6.45, 7) is 5.14. The number of benzene rings is 1. The van der Waals surface area contributed by atoms with Gasteiger partial charge in [0.15, 0.2) is 0 Å². The maximum Gasteiger partial charge on any atom is 0.257 e. The Kier molecular flexibility index (Phi) is 6.35. The Labute approximate surface area is 180 Å². The predicted octanol–water partition coefficient (Wildman–Crippen LogP) is 4.43. The maximum absolute atomic E-state index is 14.8. The second kappa shape index (κ2) is 9.15. The first kappa shape index (κ1) is 20.8. The lowest BCUT2D eigenvalue weighted by Gasteiger charge is -2.31. The summed E-state index contributed by atoms with van der Waals surface area (Å²) in [4.78, 5) is 18.0.